The van der Waals surface area contributed by atoms with Gasteiger partial charge in [-0.15, -0.1) is 0 Å². The molecule has 0 aromatic carbocycles. The number of hydrogen-bond acceptors (Lipinski definition) is 5. The second-order valence-corrected chi connectivity index (χ2v) is 4.62. The fraction of sp³-hybridized carbons (Fsp3) is 0.615. The highest BCUT2D eigenvalue weighted by molar-refractivity contribution is 5.89. The molecule has 0 saturated carbocycles. The number of ether oxygens (including phenoxy) is 2. The normalized spacial score (nSPS) is 15.2. The quantitative estimate of drug-likeness (QED) is 0.708. The van der Waals surface area contributed by atoms with Gasteiger partial charge in [-0.05, 0) is 13.3 Å². The number of amides is 1. The first-order valence-corrected chi connectivity index (χ1v) is 6.38. The Morgan fingerprint density at radius 1 is 1.50 bits per heavy atom. The van der Waals surface area contributed by atoms with Crippen molar-refractivity contribution in [1.29, 1.82) is 0 Å². The molecule has 7 heteroatoms. The molecule has 7 nitrogen and oxygen atoms in total. The standard InChI is InChI=1S/C13H21N3O4/c1-5-13(2,20-4)12(18)16-10(11(17)19-3)6-9-7-14-8-15-9/h7-8,10H,5-6H2,1-4H3,(H,14,15)(H,16,18)/t10-,13?/m0/s1. The third-order valence-corrected chi connectivity index (χ3v) is 3.38. The Balaban J connectivity index is 2.80. The van der Waals surface area contributed by atoms with Crippen LogP contribution in [0, 0.1) is 0 Å². The number of rotatable bonds is 7. The highest BCUT2D eigenvalue weighted by atomic mass is 16.5. The Kier molecular flexibility index (Phi) is 5.69. The average molecular weight is 283 g/mol. The molecule has 2 N–H and O–H groups in total. The van der Waals surface area contributed by atoms with E-state index in [9.17, 15) is 9.59 Å². The number of hydrogen-bond donors (Lipinski definition) is 2. The number of imidazole rings is 1. The van der Waals surface area contributed by atoms with E-state index in [1.807, 2.05) is 6.92 Å². The van der Waals surface area contributed by atoms with E-state index in [0.29, 0.717) is 6.42 Å². The van der Waals surface area contributed by atoms with Crippen molar-refractivity contribution in [2.75, 3.05) is 14.2 Å². The SMILES string of the molecule is CCC(C)(OC)C(=O)N[C@@H](Cc1cnc[nH]1)C(=O)OC. The maximum atomic E-state index is 12.2. The van der Waals surface area contributed by atoms with Gasteiger partial charge in [-0.1, -0.05) is 6.92 Å². The third kappa shape index (κ3) is 3.80. The molecule has 0 saturated heterocycles. The van der Waals surface area contributed by atoms with Crippen molar-refractivity contribution in [1.82, 2.24) is 15.3 Å². The van der Waals surface area contributed by atoms with Crippen molar-refractivity contribution < 1.29 is 19.1 Å². The van der Waals surface area contributed by atoms with E-state index in [1.54, 1.807) is 13.1 Å². The van der Waals surface area contributed by atoms with Gasteiger partial charge in [0.15, 0.2) is 0 Å². The van der Waals surface area contributed by atoms with Crippen LogP contribution >= 0.6 is 0 Å². The van der Waals surface area contributed by atoms with Gasteiger partial charge in [-0.2, -0.15) is 0 Å². The van der Waals surface area contributed by atoms with Crippen LogP contribution in [0.2, 0.25) is 0 Å². The van der Waals surface area contributed by atoms with Crippen LogP contribution in [0.5, 0.6) is 0 Å². The van der Waals surface area contributed by atoms with Gasteiger partial charge in [-0.3, -0.25) is 4.79 Å². The Bertz CT molecular complexity index is 440. The van der Waals surface area contributed by atoms with Crippen molar-refractivity contribution in [3.05, 3.63) is 18.2 Å². The van der Waals surface area contributed by atoms with Crippen LogP contribution in [-0.4, -0.2) is 47.7 Å². The number of H-pyrrole nitrogens is 1. The fourth-order valence-electron chi connectivity index (χ4n) is 1.66. The summed E-state index contributed by atoms with van der Waals surface area (Å²) in [7, 11) is 2.74. The minimum atomic E-state index is -0.972. The van der Waals surface area contributed by atoms with E-state index in [-0.39, 0.29) is 12.3 Å². The van der Waals surface area contributed by atoms with E-state index in [4.69, 9.17) is 9.47 Å². The molecule has 2 atom stereocenters. The number of methoxy groups -OCH3 is 2. The Morgan fingerprint density at radius 2 is 2.20 bits per heavy atom. The highest BCUT2D eigenvalue weighted by Crippen LogP contribution is 2.14. The maximum Gasteiger partial charge on any atom is 0.328 e. The molecule has 1 amide bonds. The van der Waals surface area contributed by atoms with Crippen LogP contribution in [-0.2, 0) is 25.5 Å². The first kappa shape index (κ1) is 16.2. The van der Waals surface area contributed by atoms with E-state index in [0.717, 1.165) is 5.69 Å². The summed E-state index contributed by atoms with van der Waals surface area (Å²) in [5.74, 6) is -0.861. The number of aromatic nitrogens is 2. The van der Waals surface area contributed by atoms with Crippen molar-refractivity contribution >= 4 is 11.9 Å². The Labute approximate surface area is 118 Å². The van der Waals surface area contributed by atoms with Gasteiger partial charge in [0.25, 0.3) is 5.91 Å². The average Bonchev–Trinajstić information content (AvgIpc) is 2.97. The minimum Gasteiger partial charge on any atom is -0.467 e. The summed E-state index contributed by atoms with van der Waals surface area (Å²) in [6.07, 6.45) is 3.88. The van der Waals surface area contributed by atoms with E-state index >= 15 is 0 Å². The van der Waals surface area contributed by atoms with Gasteiger partial charge in [-0.25, -0.2) is 9.78 Å². The molecule has 0 aliphatic heterocycles. The molecule has 0 aliphatic rings. The van der Waals surface area contributed by atoms with Gasteiger partial charge in [0, 0.05) is 25.4 Å². The van der Waals surface area contributed by atoms with Gasteiger partial charge in [0.2, 0.25) is 0 Å². The van der Waals surface area contributed by atoms with Crippen molar-refractivity contribution in [3.8, 4) is 0 Å². The first-order chi connectivity index (χ1) is 9.46. The molecule has 0 aliphatic carbocycles. The predicted molar refractivity (Wildman–Crippen MR) is 71.9 cm³/mol. The zero-order chi connectivity index (χ0) is 15.2. The molecule has 0 fully saturated rings. The van der Waals surface area contributed by atoms with Crippen LogP contribution in [0.3, 0.4) is 0 Å². The molecule has 0 radical (unpaired) electrons. The number of aromatic amines is 1. The molecule has 1 aromatic heterocycles. The second kappa shape index (κ2) is 7.04. The van der Waals surface area contributed by atoms with Crippen LogP contribution in [0.4, 0.5) is 0 Å². The molecular weight excluding hydrogens is 262 g/mol. The summed E-state index contributed by atoms with van der Waals surface area (Å²) in [5.41, 5.74) is -0.239. The summed E-state index contributed by atoms with van der Waals surface area (Å²) in [6, 6.07) is -0.783. The van der Waals surface area contributed by atoms with Crippen LogP contribution in [0.1, 0.15) is 26.0 Å². The zero-order valence-electron chi connectivity index (χ0n) is 12.2. The Hall–Kier alpha value is -1.89. The van der Waals surface area contributed by atoms with Crippen molar-refractivity contribution in [2.45, 2.75) is 38.3 Å². The molecule has 0 bridgehead atoms. The third-order valence-electron chi connectivity index (χ3n) is 3.38. The molecular formula is C13H21N3O4. The van der Waals surface area contributed by atoms with Crippen molar-refractivity contribution in [3.63, 3.8) is 0 Å². The number of esters is 1. The summed E-state index contributed by atoms with van der Waals surface area (Å²) in [4.78, 5) is 30.7. The lowest BCUT2D eigenvalue weighted by atomic mass is 10.0. The van der Waals surface area contributed by atoms with Crippen LogP contribution < -0.4 is 5.32 Å². The molecule has 112 valence electrons. The van der Waals surface area contributed by atoms with E-state index in [1.165, 1.54) is 20.5 Å². The monoisotopic (exact) mass is 283 g/mol. The minimum absolute atomic E-state index is 0.280. The molecule has 1 heterocycles. The van der Waals surface area contributed by atoms with Gasteiger partial charge < -0.3 is 19.8 Å². The highest BCUT2D eigenvalue weighted by Gasteiger charge is 2.34. The number of nitrogens with zero attached hydrogens (tertiary/aromatic N) is 1. The molecule has 0 spiro atoms. The van der Waals surface area contributed by atoms with Gasteiger partial charge in [0.1, 0.15) is 11.6 Å². The summed E-state index contributed by atoms with van der Waals surface area (Å²) < 4.78 is 9.93. The van der Waals surface area contributed by atoms with Gasteiger partial charge in [0.05, 0.1) is 13.4 Å². The zero-order valence-corrected chi connectivity index (χ0v) is 12.2. The summed E-state index contributed by atoms with van der Waals surface area (Å²) >= 11 is 0. The number of nitrogens with one attached hydrogen (secondary N) is 2. The fourth-order valence-corrected chi connectivity index (χ4v) is 1.66. The smallest absolute Gasteiger partial charge is 0.328 e. The maximum absolute atomic E-state index is 12.2. The van der Waals surface area contributed by atoms with Crippen LogP contribution in [0.15, 0.2) is 12.5 Å². The number of carbonyl (C=O) groups is 2. The number of carbonyl (C=O) groups excluding carboxylic acids is 2. The van der Waals surface area contributed by atoms with Crippen molar-refractivity contribution in [2.24, 2.45) is 0 Å². The van der Waals surface area contributed by atoms with E-state index < -0.39 is 17.6 Å². The molecule has 1 unspecified atom stereocenters. The molecule has 1 rings (SSSR count). The molecule has 20 heavy (non-hydrogen) atoms. The summed E-state index contributed by atoms with van der Waals surface area (Å²) in [5, 5.41) is 2.66. The predicted octanol–water partition coefficient (Wildman–Crippen LogP) is 0.425. The molecule has 1 aromatic rings. The largest absolute Gasteiger partial charge is 0.467 e. The lowest BCUT2D eigenvalue weighted by Gasteiger charge is -2.27. The summed E-state index contributed by atoms with van der Waals surface area (Å²) in [6.45, 7) is 3.51. The topological polar surface area (TPSA) is 93.3 Å². The lowest BCUT2D eigenvalue weighted by Crippen LogP contribution is -2.52. The first-order valence-electron chi connectivity index (χ1n) is 6.38. The van der Waals surface area contributed by atoms with Crippen LogP contribution in [0.25, 0.3) is 0 Å². The van der Waals surface area contributed by atoms with E-state index in [2.05, 4.69) is 15.3 Å². The van der Waals surface area contributed by atoms with Gasteiger partial charge >= 0.3 is 5.97 Å². The lowest BCUT2D eigenvalue weighted by molar-refractivity contribution is -0.150. The Morgan fingerprint density at radius 3 is 2.65 bits per heavy atom. The second-order valence-electron chi connectivity index (χ2n) is 4.62.